The number of ether oxygens (including phenoxy) is 1. The van der Waals surface area contributed by atoms with E-state index in [1.807, 2.05) is 12.1 Å². The molecule has 14 heavy (non-hydrogen) atoms. The van der Waals surface area contributed by atoms with E-state index in [2.05, 4.69) is 19.1 Å². The van der Waals surface area contributed by atoms with Crippen LogP contribution in [0.4, 0.5) is 0 Å². The lowest BCUT2D eigenvalue weighted by atomic mass is 10.1. The topological polar surface area (TPSA) is 35.2 Å². The third kappa shape index (κ3) is 1.75. The van der Waals surface area contributed by atoms with Crippen molar-refractivity contribution in [3.05, 3.63) is 29.8 Å². The van der Waals surface area contributed by atoms with E-state index in [1.54, 1.807) is 7.11 Å². The summed E-state index contributed by atoms with van der Waals surface area (Å²) >= 11 is 0. The van der Waals surface area contributed by atoms with Crippen LogP contribution in [-0.4, -0.2) is 13.2 Å². The van der Waals surface area contributed by atoms with E-state index in [4.69, 9.17) is 10.5 Å². The number of rotatable bonds is 3. The first-order chi connectivity index (χ1) is 6.72. The van der Waals surface area contributed by atoms with Crippen molar-refractivity contribution in [3.63, 3.8) is 0 Å². The van der Waals surface area contributed by atoms with Crippen LogP contribution in [0.2, 0.25) is 0 Å². The van der Waals surface area contributed by atoms with Crippen LogP contribution in [0.15, 0.2) is 24.3 Å². The molecule has 1 aliphatic carbocycles. The summed E-state index contributed by atoms with van der Waals surface area (Å²) in [6.07, 6.45) is 1.23. The molecule has 2 N–H and O–H groups in total. The molecule has 0 amide bonds. The van der Waals surface area contributed by atoms with Gasteiger partial charge in [0.15, 0.2) is 0 Å². The molecule has 0 aliphatic heterocycles. The number of methoxy groups -OCH3 is 1. The molecule has 0 bridgehead atoms. The van der Waals surface area contributed by atoms with Gasteiger partial charge in [-0.1, -0.05) is 12.1 Å². The Balaban J connectivity index is 2.11. The Morgan fingerprint density at radius 3 is 2.86 bits per heavy atom. The lowest BCUT2D eigenvalue weighted by Gasteiger charge is -2.05. The number of benzene rings is 1. The lowest BCUT2D eigenvalue weighted by Crippen LogP contribution is -2.17. The van der Waals surface area contributed by atoms with Gasteiger partial charge in [0.2, 0.25) is 0 Å². The molecule has 0 unspecified atom stereocenters. The van der Waals surface area contributed by atoms with Gasteiger partial charge < -0.3 is 10.5 Å². The normalized spacial score (nSPS) is 27.1. The molecule has 3 atom stereocenters. The van der Waals surface area contributed by atoms with Crippen molar-refractivity contribution in [1.29, 1.82) is 0 Å². The van der Waals surface area contributed by atoms with Gasteiger partial charge in [-0.2, -0.15) is 0 Å². The fourth-order valence-electron chi connectivity index (χ4n) is 2.05. The van der Waals surface area contributed by atoms with Crippen molar-refractivity contribution in [3.8, 4) is 5.75 Å². The monoisotopic (exact) mass is 191 g/mol. The lowest BCUT2D eigenvalue weighted by molar-refractivity contribution is 0.414. The standard InChI is InChI=1S/C12H17NO/c1-8(13)11-7-12(11)9-4-3-5-10(6-9)14-2/h3-6,8,11-12H,7,13H2,1-2H3/t8-,11+,12-/m0/s1. The van der Waals surface area contributed by atoms with Crippen molar-refractivity contribution in [2.24, 2.45) is 11.7 Å². The molecule has 0 saturated heterocycles. The third-order valence-corrected chi connectivity index (χ3v) is 3.04. The highest BCUT2D eigenvalue weighted by atomic mass is 16.5. The maximum atomic E-state index is 5.86. The Labute approximate surface area is 85.1 Å². The molecule has 1 aromatic rings. The maximum absolute atomic E-state index is 5.86. The van der Waals surface area contributed by atoms with Crippen LogP contribution in [0.5, 0.6) is 5.75 Å². The Morgan fingerprint density at radius 2 is 2.29 bits per heavy atom. The van der Waals surface area contributed by atoms with Crippen LogP contribution < -0.4 is 10.5 Å². The Morgan fingerprint density at radius 1 is 1.50 bits per heavy atom. The van der Waals surface area contributed by atoms with E-state index in [0.29, 0.717) is 17.9 Å². The average molecular weight is 191 g/mol. The zero-order chi connectivity index (χ0) is 10.1. The molecule has 2 rings (SSSR count). The van der Waals surface area contributed by atoms with Crippen molar-refractivity contribution in [1.82, 2.24) is 0 Å². The van der Waals surface area contributed by atoms with Gasteiger partial charge in [0, 0.05) is 6.04 Å². The Bertz CT molecular complexity index is 322. The van der Waals surface area contributed by atoms with Crippen molar-refractivity contribution in [2.75, 3.05) is 7.11 Å². The molecule has 0 spiro atoms. The van der Waals surface area contributed by atoms with Gasteiger partial charge in [-0.05, 0) is 42.9 Å². The number of hydrogen-bond acceptors (Lipinski definition) is 2. The fraction of sp³-hybridized carbons (Fsp3) is 0.500. The largest absolute Gasteiger partial charge is 0.497 e. The molecule has 0 aromatic heterocycles. The highest BCUT2D eigenvalue weighted by molar-refractivity contribution is 5.34. The van der Waals surface area contributed by atoms with Crippen molar-refractivity contribution < 1.29 is 4.74 Å². The SMILES string of the molecule is COc1cccc([C@@H]2C[C@@H]2[C@H](C)N)c1. The van der Waals surface area contributed by atoms with E-state index >= 15 is 0 Å². The highest BCUT2D eigenvalue weighted by Crippen LogP contribution is 2.49. The Kier molecular flexibility index (Phi) is 2.46. The van der Waals surface area contributed by atoms with E-state index in [1.165, 1.54) is 12.0 Å². The van der Waals surface area contributed by atoms with Crippen molar-refractivity contribution >= 4 is 0 Å². The smallest absolute Gasteiger partial charge is 0.119 e. The summed E-state index contributed by atoms with van der Waals surface area (Å²) in [7, 11) is 1.70. The number of hydrogen-bond donors (Lipinski definition) is 1. The molecule has 1 aromatic carbocycles. The predicted molar refractivity (Wildman–Crippen MR) is 57.5 cm³/mol. The van der Waals surface area contributed by atoms with Gasteiger partial charge in [-0.3, -0.25) is 0 Å². The summed E-state index contributed by atoms with van der Waals surface area (Å²) in [5, 5.41) is 0. The van der Waals surface area contributed by atoms with Crippen molar-refractivity contribution in [2.45, 2.75) is 25.3 Å². The first kappa shape index (κ1) is 9.53. The quantitative estimate of drug-likeness (QED) is 0.794. The van der Waals surface area contributed by atoms with Crippen LogP contribution in [0.3, 0.4) is 0 Å². The van der Waals surface area contributed by atoms with E-state index in [9.17, 15) is 0 Å². The van der Waals surface area contributed by atoms with E-state index in [0.717, 1.165) is 5.75 Å². The zero-order valence-corrected chi connectivity index (χ0v) is 8.73. The molecular formula is C12H17NO. The average Bonchev–Trinajstić information content (AvgIpc) is 2.97. The van der Waals surface area contributed by atoms with Crippen LogP contribution in [0, 0.1) is 5.92 Å². The van der Waals surface area contributed by atoms with E-state index < -0.39 is 0 Å². The summed E-state index contributed by atoms with van der Waals surface area (Å²) in [4.78, 5) is 0. The zero-order valence-electron chi connectivity index (χ0n) is 8.73. The van der Waals surface area contributed by atoms with Gasteiger partial charge in [0.1, 0.15) is 5.75 Å². The summed E-state index contributed by atoms with van der Waals surface area (Å²) in [6.45, 7) is 2.09. The van der Waals surface area contributed by atoms with Gasteiger partial charge in [0.25, 0.3) is 0 Å². The molecule has 1 fully saturated rings. The van der Waals surface area contributed by atoms with E-state index in [-0.39, 0.29) is 0 Å². The van der Waals surface area contributed by atoms with Gasteiger partial charge in [-0.15, -0.1) is 0 Å². The second kappa shape index (κ2) is 3.62. The summed E-state index contributed by atoms with van der Waals surface area (Å²) in [5.41, 5.74) is 7.23. The minimum atomic E-state index is 0.311. The minimum absolute atomic E-state index is 0.311. The molecule has 1 aliphatic rings. The van der Waals surface area contributed by atoms with Crippen LogP contribution >= 0.6 is 0 Å². The molecule has 2 heteroatoms. The molecular weight excluding hydrogens is 174 g/mol. The van der Waals surface area contributed by atoms with Gasteiger partial charge >= 0.3 is 0 Å². The first-order valence-electron chi connectivity index (χ1n) is 5.12. The molecule has 0 heterocycles. The highest BCUT2D eigenvalue weighted by Gasteiger charge is 2.40. The second-order valence-electron chi connectivity index (χ2n) is 4.14. The van der Waals surface area contributed by atoms with Crippen LogP contribution in [0.25, 0.3) is 0 Å². The molecule has 0 radical (unpaired) electrons. The minimum Gasteiger partial charge on any atom is -0.497 e. The Hall–Kier alpha value is -1.02. The number of nitrogens with two attached hydrogens (primary N) is 1. The summed E-state index contributed by atoms with van der Waals surface area (Å²) in [5.74, 6) is 2.27. The third-order valence-electron chi connectivity index (χ3n) is 3.04. The summed E-state index contributed by atoms with van der Waals surface area (Å²) < 4.78 is 5.20. The molecule has 1 saturated carbocycles. The molecule has 2 nitrogen and oxygen atoms in total. The first-order valence-corrected chi connectivity index (χ1v) is 5.12. The fourth-order valence-corrected chi connectivity index (χ4v) is 2.05. The van der Waals surface area contributed by atoms with Gasteiger partial charge in [-0.25, -0.2) is 0 Å². The maximum Gasteiger partial charge on any atom is 0.119 e. The molecule has 76 valence electrons. The van der Waals surface area contributed by atoms with Crippen LogP contribution in [0.1, 0.15) is 24.8 Å². The second-order valence-corrected chi connectivity index (χ2v) is 4.14. The summed E-state index contributed by atoms with van der Waals surface area (Å²) in [6, 6.07) is 8.62. The van der Waals surface area contributed by atoms with Gasteiger partial charge in [0.05, 0.1) is 7.11 Å². The predicted octanol–water partition coefficient (Wildman–Crippen LogP) is 2.15. The van der Waals surface area contributed by atoms with Crippen LogP contribution in [-0.2, 0) is 0 Å².